The van der Waals surface area contributed by atoms with Crippen LogP contribution in [0, 0.1) is 0 Å². The van der Waals surface area contributed by atoms with Crippen LogP contribution in [0.5, 0.6) is 0 Å². The minimum Gasteiger partial charge on any atom is -0.396 e. The Morgan fingerprint density at radius 2 is 2.19 bits per heavy atom. The molecule has 0 fully saturated rings. The molecular formula is C13H16BrNO. The number of aryl methyl sites for hydroxylation is 2. The van der Waals surface area contributed by atoms with E-state index in [1.807, 2.05) is 0 Å². The zero-order valence-electron chi connectivity index (χ0n) is 9.41. The molecule has 86 valence electrons. The second-order valence-corrected chi connectivity index (χ2v) is 4.84. The first-order chi connectivity index (χ1) is 7.76. The van der Waals surface area contributed by atoms with Crippen molar-refractivity contribution in [3.05, 3.63) is 34.4 Å². The molecule has 1 N–H and O–H groups in total. The van der Waals surface area contributed by atoms with Crippen molar-refractivity contribution < 1.29 is 5.11 Å². The number of hydrogen-bond donors (Lipinski definition) is 1. The van der Waals surface area contributed by atoms with Crippen LogP contribution < -0.4 is 0 Å². The standard InChI is InChI=1S/C13H16BrNO/c1-2-15-9-10(4-3-7-16)12-8-11(14)5-6-13(12)15/h5-6,8-9,16H,2-4,7H2,1H3. The highest BCUT2D eigenvalue weighted by molar-refractivity contribution is 9.10. The predicted molar refractivity (Wildman–Crippen MR) is 70.7 cm³/mol. The lowest BCUT2D eigenvalue weighted by Crippen LogP contribution is -1.90. The van der Waals surface area contributed by atoms with E-state index in [1.165, 1.54) is 16.5 Å². The molecule has 3 heteroatoms. The van der Waals surface area contributed by atoms with Gasteiger partial charge in [-0.25, -0.2) is 0 Å². The van der Waals surface area contributed by atoms with Crippen LogP contribution in [-0.4, -0.2) is 16.3 Å². The highest BCUT2D eigenvalue weighted by atomic mass is 79.9. The summed E-state index contributed by atoms with van der Waals surface area (Å²) in [4.78, 5) is 0. The van der Waals surface area contributed by atoms with Crippen molar-refractivity contribution in [3.63, 3.8) is 0 Å². The summed E-state index contributed by atoms with van der Waals surface area (Å²) >= 11 is 3.51. The third-order valence-electron chi connectivity index (χ3n) is 2.87. The average Bonchev–Trinajstić information content (AvgIpc) is 2.64. The summed E-state index contributed by atoms with van der Waals surface area (Å²) in [7, 11) is 0. The second kappa shape index (κ2) is 5.02. The summed E-state index contributed by atoms with van der Waals surface area (Å²) in [6.45, 7) is 3.39. The van der Waals surface area contributed by atoms with Gasteiger partial charge in [-0.1, -0.05) is 15.9 Å². The molecule has 1 aromatic heterocycles. The number of nitrogens with zero attached hydrogens (tertiary/aromatic N) is 1. The van der Waals surface area contributed by atoms with Crippen LogP contribution in [-0.2, 0) is 13.0 Å². The lowest BCUT2D eigenvalue weighted by Gasteiger charge is -1.99. The third kappa shape index (κ3) is 2.15. The van der Waals surface area contributed by atoms with Crippen molar-refractivity contribution in [2.45, 2.75) is 26.3 Å². The van der Waals surface area contributed by atoms with Gasteiger partial charge in [-0.2, -0.15) is 0 Å². The van der Waals surface area contributed by atoms with Crippen LogP contribution in [0.1, 0.15) is 18.9 Å². The molecule has 2 nitrogen and oxygen atoms in total. The van der Waals surface area contributed by atoms with Crippen molar-refractivity contribution in [2.75, 3.05) is 6.61 Å². The Morgan fingerprint density at radius 3 is 2.88 bits per heavy atom. The van der Waals surface area contributed by atoms with E-state index < -0.39 is 0 Å². The quantitative estimate of drug-likeness (QED) is 0.914. The predicted octanol–water partition coefficient (Wildman–Crippen LogP) is 3.35. The summed E-state index contributed by atoms with van der Waals surface area (Å²) in [6, 6.07) is 6.38. The van der Waals surface area contributed by atoms with Gasteiger partial charge in [0.25, 0.3) is 0 Å². The number of benzene rings is 1. The highest BCUT2D eigenvalue weighted by Gasteiger charge is 2.07. The smallest absolute Gasteiger partial charge is 0.0483 e. The maximum Gasteiger partial charge on any atom is 0.0483 e. The number of hydrogen-bond acceptors (Lipinski definition) is 1. The summed E-state index contributed by atoms with van der Waals surface area (Å²) < 4.78 is 3.37. The Labute approximate surface area is 104 Å². The van der Waals surface area contributed by atoms with E-state index in [4.69, 9.17) is 5.11 Å². The van der Waals surface area contributed by atoms with E-state index in [2.05, 4.69) is 51.8 Å². The van der Waals surface area contributed by atoms with E-state index in [1.54, 1.807) is 0 Å². The number of fused-ring (bicyclic) bond motifs is 1. The van der Waals surface area contributed by atoms with E-state index in [0.29, 0.717) is 0 Å². The maximum atomic E-state index is 8.90. The molecule has 0 unspecified atom stereocenters. The van der Waals surface area contributed by atoms with Crippen molar-refractivity contribution >= 4 is 26.8 Å². The van der Waals surface area contributed by atoms with Gasteiger partial charge in [0.2, 0.25) is 0 Å². The van der Waals surface area contributed by atoms with Crippen molar-refractivity contribution in [1.29, 1.82) is 0 Å². The molecule has 16 heavy (non-hydrogen) atoms. The van der Waals surface area contributed by atoms with Gasteiger partial charge in [-0.05, 0) is 43.5 Å². The number of aliphatic hydroxyl groups is 1. The Kier molecular flexibility index (Phi) is 3.66. The monoisotopic (exact) mass is 281 g/mol. The topological polar surface area (TPSA) is 25.2 Å². The van der Waals surface area contributed by atoms with Gasteiger partial charge in [-0.15, -0.1) is 0 Å². The molecule has 2 rings (SSSR count). The fraction of sp³-hybridized carbons (Fsp3) is 0.385. The molecule has 0 aliphatic heterocycles. The Hall–Kier alpha value is -0.800. The first-order valence-electron chi connectivity index (χ1n) is 5.64. The second-order valence-electron chi connectivity index (χ2n) is 3.93. The number of halogens is 1. The van der Waals surface area contributed by atoms with Crippen molar-refractivity contribution in [1.82, 2.24) is 4.57 Å². The summed E-state index contributed by atoms with van der Waals surface area (Å²) in [5, 5.41) is 10.2. The van der Waals surface area contributed by atoms with Gasteiger partial charge in [0, 0.05) is 34.7 Å². The fourth-order valence-corrected chi connectivity index (χ4v) is 2.43. The van der Waals surface area contributed by atoms with Crippen LogP contribution in [0.25, 0.3) is 10.9 Å². The molecular weight excluding hydrogens is 266 g/mol. The summed E-state index contributed by atoms with van der Waals surface area (Å²) in [6.07, 6.45) is 3.97. The van der Waals surface area contributed by atoms with Crippen LogP contribution >= 0.6 is 15.9 Å². The van der Waals surface area contributed by atoms with E-state index in [-0.39, 0.29) is 6.61 Å². The third-order valence-corrected chi connectivity index (χ3v) is 3.36. The zero-order chi connectivity index (χ0) is 11.5. The van der Waals surface area contributed by atoms with E-state index in [9.17, 15) is 0 Å². The van der Waals surface area contributed by atoms with Gasteiger partial charge in [0.05, 0.1) is 0 Å². The molecule has 0 spiro atoms. The molecule has 0 saturated heterocycles. The first-order valence-corrected chi connectivity index (χ1v) is 6.43. The molecule has 0 saturated carbocycles. The zero-order valence-corrected chi connectivity index (χ0v) is 11.0. The van der Waals surface area contributed by atoms with Gasteiger partial charge in [-0.3, -0.25) is 0 Å². The van der Waals surface area contributed by atoms with Gasteiger partial charge in [0.15, 0.2) is 0 Å². The lowest BCUT2D eigenvalue weighted by atomic mass is 10.1. The SMILES string of the molecule is CCn1cc(CCCO)c2cc(Br)ccc21. The van der Waals surface area contributed by atoms with Gasteiger partial charge >= 0.3 is 0 Å². The van der Waals surface area contributed by atoms with E-state index >= 15 is 0 Å². The Balaban J connectivity index is 2.50. The number of aromatic nitrogens is 1. The molecule has 0 aliphatic carbocycles. The van der Waals surface area contributed by atoms with Crippen molar-refractivity contribution in [2.24, 2.45) is 0 Å². The summed E-state index contributed by atoms with van der Waals surface area (Å²) in [5.74, 6) is 0. The van der Waals surface area contributed by atoms with Crippen LogP contribution in [0.3, 0.4) is 0 Å². The molecule has 0 bridgehead atoms. The molecule has 0 amide bonds. The van der Waals surface area contributed by atoms with Crippen LogP contribution in [0.15, 0.2) is 28.9 Å². The van der Waals surface area contributed by atoms with Crippen LogP contribution in [0.2, 0.25) is 0 Å². The molecule has 0 aliphatic rings. The lowest BCUT2D eigenvalue weighted by molar-refractivity contribution is 0.288. The average molecular weight is 282 g/mol. The molecule has 0 radical (unpaired) electrons. The van der Waals surface area contributed by atoms with Crippen LogP contribution in [0.4, 0.5) is 0 Å². The largest absolute Gasteiger partial charge is 0.396 e. The molecule has 1 aromatic carbocycles. The first kappa shape index (κ1) is 11.7. The molecule has 2 aromatic rings. The normalized spacial score (nSPS) is 11.2. The minimum atomic E-state index is 0.257. The Morgan fingerprint density at radius 1 is 1.38 bits per heavy atom. The summed E-state index contributed by atoms with van der Waals surface area (Å²) in [5.41, 5.74) is 2.60. The number of rotatable bonds is 4. The van der Waals surface area contributed by atoms with Gasteiger partial charge in [0.1, 0.15) is 0 Å². The highest BCUT2D eigenvalue weighted by Crippen LogP contribution is 2.26. The Bertz CT molecular complexity index is 490. The minimum absolute atomic E-state index is 0.257. The fourth-order valence-electron chi connectivity index (χ4n) is 2.07. The molecule has 0 atom stereocenters. The van der Waals surface area contributed by atoms with Gasteiger partial charge < -0.3 is 9.67 Å². The molecule has 1 heterocycles. The van der Waals surface area contributed by atoms with E-state index in [0.717, 1.165) is 23.9 Å². The number of aliphatic hydroxyl groups excluding tert-OH is 1. The van der Waals surface area contributed by atoms with Crippen molar-refractivity contribution in [3.8, 4) is 0 Å². The maximum absolute atomic E-state index is 8.90.